The van der Waals surface area contributed by atoms with Gasteiger partial charge < -0.3 is 15.3 Å². The lowest BCUT2D eigenvalue weighted by atomic mass is 9.98. The molecular formula is C11H16O3S. The Hall–Kier alpha value is -0.550. The average Bonchev–Trinajstić information content (AvgIpc) is 2.28. The summed E-state index contributed by atoms with van der Waals surface area (Å²) in [5.74, 6) is 0.513. The first-order valence-corrected chi connectivity index (χ1v) is 5.49. The molecule has 0 amide bonds. The normalized spacial score (nSPS) is 14.9. The molecule has 0 heterocycles. The highest BCUT2D eigenvalue weighted by Gasteiger charge is 2.19. The zero-order valence-corrected chi connectivity index (χ0v) is 9.27. The summed E-state index contributed by atoms with van der Waals surface area (Å²) in [6.07, 6.45) is -1.37. The Balaban J connectivity index is 2.84. The zero-order chi connectivity index (χ0) is 11.3. The molecule has 4 heteroatoms. The number of benzene rings is 1. The molecule has 84 valence electrons. The van der Waals surface area contributed by atoms with Crippen molar-refractivity contribution in [3.05, 3.63) is 35.4 Å². The molecular weight excluding hydrogens is 212 g/mol. The van der Waals surface area contributed by atoms with Crippen molar-refractivity contribution in [2.75, 3.05) is 5.75 Å². The van der Waals surface area contributed by atoms with E-state index in [0.717, 1.165) is 0 Å². The highest BCUT2D eigenvalue weighted by Crippen LogP contribution is 2.22. The molecule has 1 aromatic rings. The van der Waals surface area contributed by atoms with Crippen molar-refractivity contribution in [1.82, 2.24) is 0 Å². The molecule has 0 saturated carbocycles. The van der Waals surface area contributed by atoms with Gasteiger partial charge in [-0.1, -0.05) is 24.3 Å². The maximum absolute atomic E-state index is 9.84. The Kier molecular flexibility index (Phi) is 5.11. The standard InChI is InChI=1S/C11H16O3S/c12-7-8-3-1-2-4-9(8)11(14)10(13)5-6-15/h1-4,10-15H,5-7H2. The van der Waals surface area contributed by atoms with Crippen molar-refractivity contribution in [2.24, 2.45) is 0 Å². The largest absolute Gasteiger partial charge is 0.392 e. The zero-order valence-electron chi connectivity index (χ0n) is 8.37. The average molecular weight is 228 g/mol. The van der Waals surface area contributed by atoms with Gasteiger partial charge in [0.05, 0.1) is 12.7 Å². The quantitative estimate of drug-likeness (QED) is 0.566. The smallest absolute Gasteiger partial charge is 0.105 e. The molecule has 0 saturated heterocycles. The van der Waals surface area contributed by atoms with E-state index in [2.05, 4.69) is 12.6 Å². The fraction of sp³-hybridized carbons (Fsp3) is 0.455. The van der Waals surface area contributed by atoms with Crippen LogP contribution >= 0.6 is 12.6 Å². The van der Waals surface area contributed by atoms with Crippen LogP contribution in [0, 0.1) is 0 Å². The van der Waals surface area contributed by atoms with Crippen LogP contribution in [0.5, 0.6) is 0 Å². The fourth-order valence-corrected chi connectivity index (χ4v) is 1.73. The highest BCUT2D eigenvalue weighted by molar-refractivity contribution is 7.80. The molecule has 15 heavy (non-hydrogen) atoms. The Morgan fingerprint density at radius 2 is 1.87 bits per heavy atom. The van der Waals surface area contributed by atoms with E-state index in [9.17, 15) is 10.2 Å². The number of thiol groups is 1. The summed E-state index contributed by atoms with van der Waals surface area (Å²) in [5, 5.41) is 28.5. The van der Waals surface area contributed by atoms with E-state index >= 15 is 0 Å². The van der Waals surface area contributed by atoms with Crippen LogP contribution in [0.2, 0.25) is 0 Å². The lowest BCUT2D eigenvalue weighted by Crippen LogP contribution is -2.20. The monoisotopic (exact) mass is 228 g/mol. The van der Waals surface area contributed by atoms with E-state index in [1.165, 1.54) is 0 Å². The lowest BCUT2D eigenvalue weighted by molar-refractivity contribution is 0.0161. The second-order valence-corrected chi connectivity index (χ2v) is 3.83. The third kappa shape index (κ3) is 3.21. The second-order valence-electron chi connectivity index (χ2n) is 3.38. The van der Waals surface area contributed by atoms with Crippen molar-refractivity contribution in [1.29, 1.82) is 0 Å². The van der Waals surface area contributed by atoms with E-state index in [1.54, 1.807) is 24.3 Å². The summed E-state index contributed by atoms with van der Waals surface area (Å²) in [4.78, 5) is 0. The Bertz CT molecular complexity index is 304. The number of rotatable bonds is 5. The summed E-state index contributed by atoms with van der Waals surface area (Å²) >= 11 is 4.00. The molecule has 3 nitrogen and oxygen atoms in total. The summed E-state index contributed by atoms with van der Waals surface area (Å²) < 4.78 is 0. The van der Waals surface area contributed by atoms with Gasteiger partial charge in [-0.15, -0.1) is 0 Å². The van der Waals surface area contributed by atoms with Gasteiger partial charge in [0.1, 0.15) is 6.10 Å². The maximum atomic E-state index is 9.84. The molecule has 0 aliphatic rings. The molecule has 0 aromatic heterocycles. The van der Waals surface area contributed by atoms with Crippen LogP contribution in [0.1, 0.15) is 23.7 Å². The van der Waals surface area contributed by atoms with Gasteiger partial charge in [0, 0.05) is 0 Å². The van der Waals surface area contributed by atoms with E-state index in [1.807, 2.05) is 0 Å². The molecule has 1 rings (SSSR count). The van der Waals surface area contributed by atoms with Crippen molar-refractivity contribution < 1.29 is 15.3 Å². The van der Waals surface area contributed by atoms with Gasteiger partial charge in [-0.3, -0.25) is 0 Å². The van der Waals surface area contributed by atoms with E-state index < -0.39 is 12.2 Å². The summed E-state index contributed by atoms with van der Waals surface area (Å²) in [7, 11) is 0. The Morgan fingerprint density at radius 1 is 1.20 bits per heavy atom. The minimum Gasteiger partial charge on any atom is -0.392 e. The molecule has 0 radical (unpaired) electrons. The van der Waals surface area contributed by atoms with Crippen LogP contribution in [-0.2, 0) is 6.61 Å². The summed E-state index contributed by atoms with van der Waals surface area (Å²) in [6, 6.07) is 6.99. The minimum atomic E-state index is -0.958. The summed E-state index contributed by atoms with van der Waals surface area (Å²) in [6.45, 7) is -0.138. The van der Waals surface area contributed by atoms with Crippen LogP contribution in [0.25, 0.3) is 0 Å². The van der Waals surface area contributed by atoms with Crippen LogP contribution in [0.3, 0.4) is 0 Å². The van der Waals surface area contributed by atoms with E-state index in [4.69, 9.17) is 5.11 Å². The van der Waals surface area contributed by atoms with Gasteiger partial charge in [0.2, 0.25) is 0 Å². The SMILES string of the molecule is OCc1ccccc1C(O)C(O)CCS. The van der Waals surface area contributed by atoms with Crippen LogP contribution in [0.4, 0.5) is 0 Å². The van der Waals surface area contributed by atoms with Gasteiger partial charge >= 0.3 is 0 Å². The molecule has 0 bridgehead atoms. The van der Waals surface area contributed by atoms with Crippen molar-refractivity contribution >= 4 is 12.6 Å². The predicted molar refractivity (Wildman–Crippen MR) is 61.8 cm³/mol. The molecule has 0 aliphatic heterocycles. The highest BCUT2D eigenvalue weighted by atomic mass is 32.1. The van der Waals surface area contributed by atoms with Gasteiger partial charge in [-0.05, 0) is 23.3 Å². The van der Waals surface area contributed by atoms with Crippen LogP contribution in [-0.4, -0.2) is 27.2 Å². The third-order valence-electron chi connectivity index (χ3n) is 2.33. The molecule has 0 fully saturated rings. The predicted octanol–water partition coefficient (Wildman–Crippen LogP) is 0.893. The van der Waals surface area contributed by atoms with Gasteiger partial charge in [-0.2, -0.15) is 12.6 Å². The molecule has 2 unspecified atom stereocenters. The number of aliphatic hydroxyl groups excluding tert-OH is 3. The number of aliphatic hydroxyl groups is 3. The first-order chi connectivity index (χ1) is 7.20. The first-order valence-electron chi connectivity index (χ1n) is 4.86. The summed E-state index contributed by atoms with van der Waals surface area (Å²) in [5.41, 5.74) is 1.22. The topological polar surface area (TPSA) is 60.7 Å². The van der Waals surface area contributed by atoms with Crippen LogP contribution in [0.15, 0.2) is 24.3 Å². The Morgan fingerprint density at radius 3 is 2.47 bits per heavy atom. The Labute approximate surface area is 94.8 Å². The van der Waals surface area contributed by atoms with Crippen molar-refractivity contribution in [3.8, 4) is 0 Å². The molecule has 2 atom stereocenters. The second kappa shape index (κ2) is 6.12. The van der Waals surface area contributed by atoms with Gasteiger partial charge in [-0.25, -0.2) is 0 Å². The van der Waals surface area contributed by atoms with Crippen molar-refractivity contribution in [2.45, 2.75) is 25.2 Å². The maximum Gasteiger partial charge on any atom is 0.105 e. The fourth-order valence-electron chi connectivity index (χ4n) is 1.46. The third-order valence-corrected chi connectivity index (χ3v) is 2.59. The van der Waals surface area contributed by atoms with Crippen LogP contribution < -0.4 is 0 Å². The minimum absolute atomic E-state index is 0.138. The molecule has 0 spiro atoms. The first kappa shape index (κ1) is 12.5. The van der Waals surface area contributed by atoms with Gasteiger partial charge in [0.25, 0.3) is 0 Å². The lowest BCUT2D eigenvalue weighted by Gasteiger charge is -2.19. The molecule has 1 aromatic carbocycles. The van der Waals surface area contributed by atoms with E-state index in [-0.39, 0.29) is 6.61 Å². The molecule has 3 N–H and O–H groups in total. The van der Waals surface area contributed by atoms with E-state index in [0.29, 0.717) is 23.3 Å². The number of hydrogen-bond acceptors (Lipinski definition) is 4. The number of hydrogen-bond donors (Lipinski definition) is 4. The molecule has 0 aliphatic carbocycles. The van der Waals surface area contributed by atoms with Gasteiger partial charge in [0.15, 0.2) is 0 Å². The van der Waals surface area contributed by atoms with Crippen molar-refractivity contribution in [3.63, 3.8) is 0 Å².